The maximum atomic E-state index is 13.5. The molecular weight excluding hydrogens is 394 g/mol. The molecule has 3 aromatic carbocycles. The largest absolute Gasteiger partial charge is 0.454 e. The lowest BCUT2D eigenvalue weighted by Gasteiger charge is -2.38. The summed E-state index contributed by atoms with van der Waals surface area (Å²) in [6, 6.07) is 18.6. The number of anilines is 2. The third-order valence-electron chi connectivity index (χ3n) is 4.99. The van der Waals surface area contributed by atoms with Crippen LogP contribution in [0.15, 0.2) is 66.7 Å². The first-order valence-corrected chi connectivity index (χ1v) is 9.24. The smallest absolute Gasteiger partial charge is 0.387 e. The number of nitrogens with one attached hydrogen (secondary N) is 1. The number of carbonyl (C=O) groups excluding carboxylic acids is 1. The number of amides is 1. The van der Waals surface area contributed by atoms with Crippen LogP contribution >= 0.6 is 0 Å². The maximum Gasteiger partial charge on any atom is 0.387 e. The number of fused-ring (bicyclic) bond motifs is 2. The molecule has 8 heteroatoms. The molecule has 0 saturated heterocycles. The summed E-state index contributed by atoms with van der Waals surface area (Å²) in [5.74, 6) is 0.799. The van der Waals surface area contributed by atoms with E-state index in [4.69, 9.17) is 14.2 Å². The number of alkyl halides is 2. The number of carbonyl (C=O) groups is 1. The van der Waals surface area contributed by atoms with E-state index in [0.717, 1.165) is 0 Å². The van der Waals surface area contributed by atoms with E-state index in [0.29, 0.717) is 34.0 Å². The van der Waals surface area contributed by atoms with Crippen molar-refractivity contribution in [2.75, 3.05) is 17.0 Å². The standard InChI is InChI=1S/C22H16F2N2O4/c23-22(24)30-17-8-4-2-6-15(17)20-25-16-7-3-1-5-14(16)21(27)26(20)13-9-10-18-19(11-13)29-12-28-18/h1-11,20,22,25H,12H2/t20-/m0/s1. The molecule has 5 rings (SSSR count). The van der Waals surface area contributed by atoms with Crippen LogP contribution in [0, 0.1) is 0 Å². The predicted octanol–water partition coefficient (Wildman–Crippen LogP) is 4.79. The van der Waals surface area contributed by atoms with Crippen molar-refractivity contribution >= 4 is 17.3 Å². The molecule has 2 aliphatic heterocycles. The molecule has 0 radical (unpaired) electrons. The van der Waals surface area contributed by atoms with Crippen molar-refractivity contribution in [1.29, 1.82) is 0 Å². The fraction of sp³-hybridized carbons (Fsp3) is 0.136. The topological polar surface area (TPSA) is 60.0 Å². The van der Waals surface area contributed by atoms with Crippen LogP contribution in [0.4, 0.5) is 20.2 Å². The minimum absolute atomic E-state index is 0.0112. The summed E-state index contributed by atoms with van der Waals surface area (Å²) in [4.78, 5) is 15.0. The van der Waals surface area contributed by atoms with Crippen molar-refractivity contribution in [3.8, 4) is 17.2 Å². The van der Waals surface area contributed by atoms with Gasteiger partial charge in [-0.3, -0.25) is 9.69 Å². The third kappa shape index (κ3) is 3.06. The Balaban J connectivity index is 1.65. The molecule has 0 saturated carbocycles. The van der Waals surface area contributed by atoms with Gasteiger partial charge in [0.05, 0.1) is 11.3 Å². The van der Waals surface area contributed by atoms with E-state index in [1.165, 1.54) is 11.0 Å². The van der Waals surface area contributed by atoms with Gasteiger partial charge in [0.15, 0.2) is 11.5 Å². The number of para-hydroxylation sites is 2. The Morgan fingerprint density at radius 3 is 2.63 bits per heavy atom. The molecule has 1 N–H and O–H groups in total. The molecule has 30 heavy (non-hydrogen) atoms. The van der Waals surface area contributed by atoms with Crippen molar-refractivity contribution in [2.24, 2.45) is 0 Å². The fourth-order valence-corrected chi connectivity index (χ4v) is 3.68. The van der Waals surface area contributed by atoms with Crippen LogP contribution in [-0.2, 0) is 0 Å². The maximum absolute atomic E-state index is 13.5. The summed E-state index contributed by atoms with van der Waals surface area (Å²) in [5.41, 5.74) is 2.01. The Kier molecular flexibility index (Phi) is 4.39. The molecule has 0 fully saturated rings. The zero-order chi connectivity index (χ0) is 20.7. The SMILES string of the molecule is O=C1c2ccccc2N[C@H](c2ccccc2OC(F)F)N1c1ccc2c(c1)OCO2. The van der Waals surface area contributed by atoms with Crippen molar-refractivity contribution in [2.45, 2.75) is 12.8 Å². The summed E-state index contributed by atoms with van der Waals surface area (Å²) in [7, 11) is 0. The van der Waals surface area contributed by atoms with Gasteiger partial charge in [0, 0.05) is 17.3 Å². The highest BCUT2D eigenvalue weighted by Crippen LogP contribution is 2.43. The first-order chi connectivity index (χ1) is 14.6. The molecule has 1 atom stereocenters. The second-order valence-corrected chi connectivity index (χ2v) is 6.72. The van der Waals surface area contributed by atoms with Crippen LogP contribution < -0.4 is 24.4 Å². The zero-order valence-electron chi connectivity index (χ0n) is 15.5. The first kappa shape index (κ1) is 18.2. The summed E-state index contributed by atoms with van der Waals surface area (Å²) in [5, 5.41) is 3.28. The fourth-order valence-electron chi connectivity index (χ4n) is 3.68. The predicted molar refractivity (Wildman–Crippen MR) is 105 cm³/mol. The van der Waals surface area contributed by atoms with Gasteiger partial charge in [-0.2, -0.15) is 8.78 Å². The summed E-state index contributed by atoms with van der Waals surface area (Å²) < 4.78 is 41.5. The van der Waals surface area contributed by atoms with E-state index in [9.17, 15) is 13.6 Å². The second kappa shape index (κ2) is 7.22. The van der Waals surface area contributed by atoms with Gasteiger partial charge in [-0.25, -0.2) is 0 Å². The molecule has 1 amide bonds. The number of hydrogen-bond acceptors (Lipinski definition) is 5. The van der Waals surface area contributed by atoms with E-state index in [1.54, 1.807) is 60.7 Å². The number of nitrogens with zero attached hydrogens (tertiary/aromatic N) is 1. The third-order valence-corrected chi connectivity index (χ3v) is 4.99. The number of benzene rings is 3. The molecule has 0 spiro atoms. The van der Waals surface area contributed by atoms with Crippen molar-refractivity contribution in [3.05, 3.63) is 77.9 Å². The van der Waals surface area contributed by atoms with Gasteiger partial charge in [0.25, 0.3) is 5.91 Å². The zero-order valence-corrected chi connectivity index (χ0v) is 15.5. The Morgan fingerprint density at radius 1 is 1.00 bits per heavy atom. The summed E-state index contributed by atoms with van der Waals surface area (Å²) in [6.07, 6.45) is -0.775. The van der Waals surface area contributed by atoms with Gasteiger partial charge in [-0.1, -0.05) is 30.3 Å². The molecule has 152 valence electrons. The molecule has 0 unspecified atom stereocenters. The van der Waals surface area contributed by atoms with E-state index in [-0.39, 0.29) is 18.4 Å². The molecule has 0 bridgehead atoms. The molecule has 0 aromatic heterocycles. The van der Waals surface area contributed by atoms with Crippen molar-refractivity contribution < 1.29 is 27.8 Å². The Morgan fingerprint density at radius 2 is 1.77 bits per heavy atom. The molecule has 0 aliphatic carbocycles. The first-order valence-electron chi connectivity index (χ1n) is 9.24. The van der Waals surface area contributed by atoms with Crippen LogP contribution in [0.25, 0.3) is 0 Å². The molecule has 2 aliphatic rings. The summed E-state index contributed by atoms with van der Waals surface area (Å²) >= 11 is 0. The number of hydrogen-bond donors (Lipinski definition) is 1. The lowest BCUT2D eigenvalue weighted by molar-refractivity contribution is -0.0505. The van der Waals surface area contributed by atoms with E-state index < -0.39 is 12.8 Å². The quantitative estimate of drug-likeness (QED) is 0.670. The average Bonchev–Trinajstić information content (AvgIpc) is 3.21. The number of ether oxygens (including phenoxy) is 3. The van der Waals surface area contributed by atoms with E-state index in [1.807, 2.05) is 0 Å². The van der Waals surface area contributed by atoms with E-state index in [2.05, 4.69) is 5.32 Å². The van der Waals surface area contributed by atoms with Crippen LogP contribution in [0.1, 0.15) is 22.1 Å². The van der Waals surface area contributed by atoms with Crippen LogP contribution in [-0.4, -0.2) is 19.3 Å². The Bertz CT molecular complexity index is 1120. The van der Waals surface area contributed by atoms with Crippen LogP contribution in [0.3, 0.4) is 0 Å². The molecule has 3 aromatic rings. The lowest BCUT2D eigenvalue weighted by Crippen LogP contribution is -2.43. The van der Waals surface area contributed by atoms with E-state index >= 15 is 0 Å². The van der Waals surface area contributed by atoms with Crippen LogP contribution in [0.5, 0.6) is 17.2 Å². The van der Waals surface area contributed by atoms with Gasteiger partial charge in [-0.05, 0) is 30.3 Å². The minimum atomic E-state index is -2.99. The van der Waals surface area contributed by atoms with Gasteiger partial charge >= 0.3 is 6.61 Å². The molecule has 2 heterocycles. The molecule has 6 nitrogen and oxygen atoms in total. The highest BCUT2D eigenvalue weighted by Gasteiger charge is 2.36. The highest BCUT2D eigenvalue weighted by molar-refractivity contribution is 6.12. The summed E-state index contributed by atoms with van der Waals surface area (Å²) in [6.45, 7) is -2.89. The highest BCUT2D eigenvalue weighted by atomic mass is 19.3. The van der Waals surface area contributed by atoms with Crippen molar-refractivity contribution in [3.63, 3.8) is 0 Å². The van der Waals surface area contributed by atoms with Gasteiger partial charge < -0.3 is 19.5 Å². The minimum Gasteiger partial charge on any atom is -0.454 e. The van der Waals surface area contributed by atoms with Gasteiger partial charge in [-0.15, -0.1) is 0 Å². The average molecular weight is 410 g/mol. The number of rotatable bonds is 4. The Labute approximate surface area is 170 Å². The second-order valence-electron chi connectivity index (χ2n) is 6.72. The molecular formula is C22H16F2N2O4. The lowest BCUT2D eigenvalue weighted by atomic mass is 10.0. The number of halogens is 2. The van der Waals surface area contributed by atoms with Crippen LogP contribution in [0.2, 0.25) is 0 Å². The normalized spacial score (nSPS) is 17.0. The van der Waals surface area contributed by atoms with Gasteiger partial charge in [0.1, 0.15) is 11.9 Å². The monoisotopic (exact) mass is 410 g/mol. The van der Waals surface area contributed by atoms with Crippen molar-refractivity contribution in [1.82, 2.24) is 0 Å². The Hall–Kier alpha value is -3.81. The van der Waals surface area contributed by atoms with Gasteiger partial charge in [0.2, 0.25) is 6.79 Å².